The minimum atomic E-state index is 0.128. The third kappa shape index (κ3) is 2.25. The van der Waals surface area contributed by atoms with Crippen LogP contribution >= 0.6 is 11.3 Å². The Morgan fingerprint density at radius 3 is 3.11 bits per heavy atom. The first-order valence-corrected chi connectivity index (χ1v) is 7.08. The minimum absolute atomic E-state index is 0.128. The van der Waals surface area contributed by atoms with Gasteiger partial charge in [0.05, 0.1) is 24.5 Å². The number of thiazole rings is 1. The molecule has 3 heterocycles. The molecule has 7 heteroatoms. The average molecular weight is 277 g/mol. The molecule has 2 aromatic heterocycles. The third-order valence-electron chi connectivity index (χ3n) is 3.36. The summed E-state index contributed by atoms with van der Waals surface area (Å²) in [5.74, 6) is 1.91. The second-order valence-corrected chi connectivity index (χ2v) is 5.77. The minimum Gasteiger partial charge on any atom is -0.333 e. The van der Waals surface area contributed by atoms with Gasteiger partial charge in [-0.25, -0.2) is 0 Å². The monoisotopic (exact) mass is 277 g/mol. The van der Waals surface area contributed by atoms with Crippen LogP contribution in [0.2, 0.25) is 0 Å². The van der Waals surface area contributed by atoms with Crippen molar-refractivity contribution in [3.8, 4) is 0 Å². The maximum atomic E-state index is 12.3. The zero-order valence-corrected chi connectivity index (χ0v) is 11.7. The van der Waals surface area contributed by atoms with Gasteiger partial charge in [0.2, 0.25) is 5.91 Å². The second kappa shape index (κ2) is 4.73. The van der Waals surface area contributed by atoms with Crippen LogP contribution in [-0.4, -0.2) is 37.1 Å². The van der Waals surface area contributed by atoms with E-state index in [9.17, 15) is 4.79 Å². The lowest BCUT2D eigenvalue weighted by molar-refractivity contribution is -0.132. The third-order valence-corrected chi connectivity index (χ3v) is 4.14. The summed E-state index contributed by atoms with van der Waals surface area (Å²) in [6, 6.07) is 0.226. The molecule has 2 aromatic rings. The number of aromatic nitrogens is 4. The Morgan fingerprint density at radius 1 is 1.53 bits per heavy atom. The van der Waals surface area contributed by atoms with E-state index in [4.69, 9.17) is 0 Å². The number of carbonyl (C=O) groups excluding carboxylic acids is 1. The number of hydrogen-bond donors (Lipinski definition) is 0. The highest BCUT2D eigenvalue weighted by molar-refractivity contribution is 7.09. The van der Waals surface area contributed by atoms with Crippen LogP contribution in [0.25, 0.3) is 0 Å². The Morgan fingerprint density at radius 2 is 2.37 bits per heavy atom. The SMILES string of the molecule is Cc1nnc2n1[C@@H](C)CN(C(=O)Cc1cncs1)C2. The standard InChI is InChI=1S/C12H15N5OS/c1-8-5-16(6-11-15-14-9(2)17(8)11)12(18)3-10-4-13-7-19-10/h4,7-8H,3,5-6H2,1-2H3/t8-/m0/s1. The molecule has 100 valence electrons. The maximum Gasteiger partial charge on any atom is 0.228 e. The number of carbonyl (C=O) groups is 1. The molecule has 1 aliphatic heterocycles. The van der Waals surface area contributed by atoms with Gasteiger partial charge in [-0.05, 0) is 13.8 Å². The Balaban J connectivity index is 1.76. The highest BCUT2D eigenvalue weighted by Gasteiger charge is 2.28. The maximum absolute atomic E-state index is 12.3. The molecule has 0 bridgehead atoms. The summed E-state index contributed by atoms with van der Waals surface area (Å²) in [5, 5.41) is 8.23. The summed E-state index contributed by atoms with van der Waals surface area (Å²) >= 11 is 1.51. The number of hydrogen-bond acceptors (Lipinski definition) is 5. The van der Waals surface area contributed by atoms with E-state index in [-0.39, 0.29) is 11.9 Å². The van der Waals surface area contributed by atoms with Crippen molar-refractivity contribution in [1.29, 1.82) is 0 Å². The summed E-state index contributed by atoms with van der Waals surface area (Å²) in [6.45, 7) is 5.29. The first kappa shape index (κ1) is 12.3. The Bertz CT molecular complexity index is 591. The van der Waals surface area contributed by atoms with E-state index in [1.165, 1.54) is 11.3 Å². The van der Waals surface area contributed by atoms with Crippen LogP contribution in [0.4, 0.5) is 0 Å². The van der Waals surface area contributed by atoms with Crippen LogP contribution in [0.5, 0.6) is 0 Å². The van der Waals surface area contributed by atoms with Crippen LogP contribution in [-0.2, 0) is 17.8 Å². The summed E-state index contributed by atoms with van der Waals surface area (Å²) in [7, 11) is 0. The van der Waals surface area contributed by atoms with Gasteiger partial charge in [0.15, 0.2) is 5.82 Å². The number of fused-ring (bicyclic) bond motifs is 1. The molecule has 0 fully saturated rings. The van der Waals surface area contributed by atoms with E-state index in [1.54, 1.807) is 11.7 Å². The largest absolute Gasteiger partial charge is 0.333 e. The molecule has 0 N–H and O–H groups in total. The molecule has 0 saturated heterocycles. The molecule has 0 aliphatic carbocycles. The number of aryl methyl sites for hydroxylation is 1. The normalized spacial score (nSPS) is 18.4. The fourth-order valence-electron chi connectivity index (χ4n) is 2.51. The summed E-state index contributed by atoms with van der Waals surface area (Å²) in [5.41, 5.74) is 1.75. The molecule has 19 heavy (non-hydrogen) atoms. The van der Waals surface area contributed by atoms with E-state index in [1.807, 2.05) is 11.8 Å². The lowest BCUT2D eigenvalue weighted by Gasteiger charge is -2.32. The van der Waals surface area contributed by atoms with Crippen molar-refractivity contribution in [2.75, 3.05) is 6.54 Å². The van der Waals surface area contributed by atoms with Gasteiger partial charge >= 0.3 is 0 Å². The number of nitrogens with zero attached hydrogens (tertiary/aromatic N) is 5. The lowest BCUT2D eigenvalue weighted by Crippen LogP contribution is -2.41. The average Bonchev–Trinajstić information content (AvgIpc) is 2.99. The predicted molar refractivity (Wildman–Crippen MR) is 70.7 cm³/mol. The van der Waals surface area contributed by atoms with Crippen molar-refractivity contribution in [3.05, 3.63) is 28.2 Å². The van der Waals surface area contributed by atoms with Gasteiger partial charge in [0.25, 0.3) is 0 Å². The first-order valence-electron chi connectivity index (χ1n) is 6.20. The van der Waals surface area contributed by atoms with Crippen LogP contribution in [0, 0.1) is 6.92 Å². The van der Waals surface area contributed by atoms with Crippen molar-refractivity contribution in [3.63, 3.8) is 0 Å². The molecule has 0 unspecified atom stereocenters. The molecule has 1 aliphatic rings. The van der Waals surface area contributed by atoms with Crippen molar-refractivity contribution in [2.24, 2.45) is 0 Å². The molecule has 0 spiro atoms. The van der Waals surface area contributed by atoms with Crippen LogP contribution in [0.1, 0.15) is 29.5 Å². The van der Waals surface area contributed by atoms with E-state index >= 15 is 0 Å². The van der Waals surface area contributed by atoms with Crippen LogP contribution in [0.15, 0.2) is 11.7 Å². The van der Waals surface area contributed by atoms with E-state index in [0.29, 0.717) is 19.5 Å². The Kier molecular flexibility index (Phi) is 3.06. The Hall–Kier alpha value is -1.76. The highest BCUT2D eigenvalue weighted by atomic mass is 32.1. The smallest absolute Gasteiger partial charge is 0.228 e. The van der Waals surface area contributed by atoms with Crippen molar-refractivity contribution >= 4 is 17.2 Å². The van der Waals surface area contributed by atoms with Crippen molar-refractivity contribution < 1.29 is 4.79 Å². The molecule has 1 atom stereocenters. The van der Waals surface area contributed by atoms with Gasteiger partial charge in [-0.15, -0.1) is 21.5 Å². The molecular weight excluding hydrogens is 262 g/mol. The van der Waals surface area contributed by atoms with Gasteiger partial charge in [0.1, 0.15) is 5.82 Å². The van der Waals surface area contributed by atoms with Crippen LogP contribution < -0.4 is 0 Å². The molecule has 6 nitrogen and oxygen atoms in total. The zero-order valence-electron chi connectivity index (χ0n) is 10.9. The summed E-state index contributed by atoms with van der Waals surface area (Å²) in [6.07, 6.45) is 2.17. The van der Waals surface area contributed by atoms with Gasteiger partial charge in [-0.1, -0.05) is 0 Å². The molecular formula is C12H15N5OS. The van der Waals surface area contributed by atoms with Gasteiger partial charge in [-0.2, -0.15) is 0 Å². The van der Waals surface area contributed by atoms with Crippen molar-refractivity contribution in [2.45, 2.75) is 32.9 Å². The molecule has 3 rings (SSSR count). The van der Waals surface area contributed by atoms with Crippen LogP contribution in [0.3, 0.4) is 0 Å². The van der Waals surface area contributed by atoms with E-state index in [2.05, 4.69) is 26.7 Å². The first-order chi connectivity index (χ1) is 9.15. The topological polar surface area (TPSA) is 63.9 Å². The molecule has 0 saturated carbocycles. The quantitative estimate of drug-likeness (QED) is 0.827. The van der Waals surface area contributed by atoms with Gasteiger partial charge in [0, 0.05) is 17.6 Å². The fourth-order valence-corrected chi connectivity index (χ4v) is 3.10. The van der Waals surface area contributed by atoms with Gasteiger partial charge in [-0.3, -0.25) is 9.78 Å². The van der Waals surface area contributed by atoms with E-state index < -0.39 is 0 Å². The molecule has 0 radical (unpaired) electrons. The number of rotatable bonds is 2. The zero-order chi connectivity index (χ0) is 13.4. The molecule has 1 amide bonds. The van der Waals surface area contributed by atoms with E-state index in [0.717, 1.165) is 16.5 Å². The summed E-state index contributed by atoms with van der Waals surface area (Å²) < 4.78 is 2.11. The Labute approximate surface area is 115 Å². The highest BCUT2D eigenvalue weighted by Crippen LogP contribution is 2.22. The fraction of sp³-hybridized carbons (Fsp3) is 0.500. The van der Waals surface area contributed by atoms with Gasteiger partial charge < -0.3 is 9.47 Å². The lowest BCUT2D eigenvalue weighted by atomic mass is 10.2. The molecule has 0 aromatic carbocycles. The van der Waals surface area contributed by atoms with Crippen molar-refractivity contribution in [1.82, 2.24) is 24.6 Å². The second-order valence-electron chi connectivity index (χ2n) is 4.80. The summed E-state index contributed by atoms with van der Waals surface area (Å²) in [4.78, 5) is 19.1. The predicted octanol–water partition coefficient (Wildman–Crippen LogP) is 1.19. The number of amides is 1.